The van der Waals surface area contributed by atoms with Crippen molar-refractivity contribution in [1.82, 2.24) is 20.0 Å². The lowest BCUT2D eigenvalue weighted by atomic mass is 10.2. The van der Waals surface area contributed by atoms with Crippen molar-refractivity contribution < 1.29 is 5.11 Å². The minimum atomic E-state index is 0.261. The van der Waals surface area contributed by atoms with Gasteiger partial charge in [0.25, 0.3) is 0 Å². The summed E-state index contributed by atoms with van der Waals surface area (Å²) in [4.78, 5) is 7.27. The van der Waals surface area contributed by atoms with E-state index in [0.717, 1.165) is 39.3 Å². The Morgan fingerprint density at radius 1 is 1.16 bits per heavy atom. The average molecular weight is 270 g/mol. The van der Waals surface area contributed by atoms with Gasteiger partial charge >= 0.3 is 0 Å². The Kier molecular flexibility index (Phi) is 6.04. The minimum Gasteiger partial charge on any atom is -0.395 e. The van der Waals surface area contributed by atoms with Gasteiger partial charge in [-0.3, -0.25) is 9.80 Å². The van der Waals surface area contributed by atoms with Crippen LogP contribution in [0.1, 0.15) is 12.8 Å². The van der Waals surface area contributed by atoms with Crippen molar-refractivity contribution in [2.24, 2.45) is 0 Å². The molecular formula is C14H30N4O. The Morgan fingerprint density at radius 3 is 2.32 bits per heavy atom. The molecule has 1 heterocycles. The van der Waals surface area contributed by atoms with E-state index >= 15 is 0 Å². The zero-order chi connectivity index (χ0) is 13.7. The molecule has 112 valence electrons. The molecule has 19 heavy (non-hydrogen) atoms. The lowest BCUT2D eigenvalue weighted by Gasteiger charge is -2.36. The van der Waals surface area contributed by atoms with E-state index in [2.05, 4.69) is 34.1 Å². The molecule has 1 saturated heterocycles. The van der Waals surface area contributed by atoms with E-state index in [1.54, 1.807) is 0 Å². The molecule has 1 unspecified atom stereocenters. The summed E-state index contributed by atoms with van der Waals surface area (Å²) >= 11 is 0. The van der Waals surface area contributed by atoms with Gasteiger partial charge in [-0.1, -0.05) is 0 Å². The van der Waals surface area contributed by atoms with Gasteiger partial charge in [0.05, 0.1) is 6.61 Å². The topological polar surface area (TPSA) is 42.0 Å². The number of hydrogen-bond donors (Lipinski definition) is 2. The Balaban J connectivity index is 1.61. The Morgan fingerprint density at radius 2 is 1.79 bits per heavy atom. The molecule has 0 radical (unpaired) electrons. The van der Waals surface area contributed by atoms with Crippen molar-refractivity contribution >= 4 is 0 Å². The molecular weight excluding hydrogens is 240 g/mol. The molecule has 0 spiro atoms. The monoisotopic (exact) mass is 270 g/mol. The van der Waals surface area contributed by atoms with Crippen molar-refractivity contribution in [3.63, 3.8) is 0 Å². The number of aliphatic hydroxyl groups is 1. The van der Waals surface area contributed by atoms with Gasteiger partial charge in [-0.05, 0) is 26.9 Å². The first-order valence-electron chi connectivity index (χ1n) is 7.63. The molecule has 1 saturated carbocycles. The molecule has 1 aliphatic heterocycles. The van der Waals surface area contributed by atoms with Gasteiger partial charge in [0.15, 0.2) is 0 Å². The Hall–Kier alpha value is -0.200. The average Bonchev–Trinajstić information content (AvgIpc) is 3.21. The van der Waals surface area contributed by atoms with Crippen molar-refractivity contribution in [2.45, 2.75) is 24.9 Å². The predicted octanol–water partition coefficient (Wildman–Crippen LogP) is -0.721. The zero-order valence-corrected chi connectivity index (χ0v) is 12.5. The van der Waals surface area contributed by atoms with Crippen LogP contribution in [0.5, 0.6) is 0 Å². The first kappa shape index (κ1) is 15.2. The number of hydrogen-bond acceptors (Lipinski definition) is 5. The maximum atomic E-state index is 9.43. The summed E-state index contributed by atoms with van der Waals surface area (Å²) in [6.07, 6.45) is 2.57. The first-order chi connectivity index (χ1) is 9.17. The molecule has 5 heteroatoms. The van der Waals surface area contributed by atoms with Gasteiger partial charge in [0.2, 0.25) is 0 Å². The number of aliphatic hydroxyl groups excluding tert-OH is 1. The molecule has 1 atom stereocenters. The van der Waals surface area contributed by atoms with Crippen LogP contribution in [0.2, 0.25) is 0 Å². The van der Waals surface area contributed by atoms with E-state index in [0.29, 0.717) is 6.04 Å². The lowest BCUT2D eigenvalue weighted by molar-refractivity contribution is 0.105. The van der Waals surface area contributed by atoms with Crippen LogP contribution >= 0.6 is 0 Å². The third kappa shape index (κ3) is 5.75. The molecule has 0 aromatic heterocycles. The van der Waals surface area contributed by atoms with Crippen LogP contribution in [0.25, 0.3) is 0 Å². The van der Waals surface area contributed by atoms with E-state index < -0.39 is 0 Å². The summed E-state index contributed by atoms with van der Waals surface area (Å²) in [6.45, 7) is 8.16. The molecule has 0 aromatic carbocycles. The second-order valence-corrected chi connectivity index (χ2v) is 6.27. The smallest absolute Gasteiger partial charge is 0.0597 e. The number of nitrogens with zero attached hydrogens (tertiary/aromatic N) is 3. The van der Waals surface area contributed by atoms with Crippen molar-refractivity contribution in [3.8, 4) is 0 Å². The third-order valence-corrected chi connectivity index (χ3v) is 4.08. The number of piperazine rings is 1. The quantitative estimate of drug-likeness (QED) is 0.609. The number of rotatable bonds is 8. The third-order valence-electron chi connectivity index (χ3n) is 4.08. The Bertz CT molecular complexity index is 250. The summed E-state index contributed by atoms with van der Waals surface area (Å²) in [5.41, 5.74) is 0. The minimum absolute atomic E-state index is 0.261. The molecule has 0 bridgehead atoms. The van der Waals surface area contributed by atoms with Crippen molar-refractivity contribution in [1.29, 1.82) is 0 Å². The fourth-order valence-electron chi connectivity index (χ4n) is 2.60. The van der Waals surface area contributed by atoms with Gasteiger partial charge in [0.1, 0.15) is 0 Å². The van der Waals surface area contributed by atoms with Crippen molar-refractivity contribution in [3.05, 3.63) is 0 Å². The standard InChI is InChI=1S/C14H30N4O/c1-16(2)5-6-17-7-9-18(10-8-17)11-14(12-19)15-13-3-4-13/h13-15,19H,3-12H2,1-2H3. The van der Waals surface area contributed by atoms with Crippen LogP contribution in [0.15, 0.2) is 0 Å². The van der Waals surface area contributed by atoms with Gasteiger partial charge in [-0.2, -0.15) is 0 Å². The van der Waals surface area contributed by atoms with Crippen molar-refractivity contribution in [2.75, 3.05) is 66.5 Å². The Labute approximate surface area is 117 Å². The second kappa shape index (κ2) is 7.55. The highest BCUT2D eigenvalue weighted by atomic mass is 16.3. The second-order valence-electron chi connectivity index (χ2n) is 6.27. The fraction of sp³-hybridized carbons (Fsp3) is 1.00. The summed E-state index contributed by atoms with van der Waals surface area (Å²) in [6, 6.07) is 0.944. The van der Waals surface area contributed by atoms with Crippen LogP contribution in [0.4, 0.5) is 0 Å². The van der Waals surface area contributed by atoms with E-state index in [9.17, 15) is 5.11 Å². The highest BCUT2D eigenvalue weighted by Crippen LogP contribution is 2.19. The van der Waals surface area contributed by atoms with Gasteiger partial charge in [0, 0.05) is 57.9 Å². The molecule has 5 nitrogen and oxygen atoms in total. The van der Waals surface area contributed by atoms with E-state index in [-0.39, 0.29) is 12.6 Å². The molecule has 2 fully saturated rings. The molecule has 2 rings (SSSR count). The SMILES string of the molecule is CN(C)CCN1CCN(CC(CO)NC2CC2)CC1. The van der Waals surface area contributed by atoms with E-state index in [1.165, 1.54) is 19.4 Å². The van der Waals surface area contributed by atoms with Crippen LogP contribution < -0.4 is 5.32 Å². The van der Waals surface area contributed by atoms with Crippen LogP contribution in [-0.4, -0.2) is 98.4 Å². The number of nitrogens with one attached hydrogen (secondary N) is 1. The summed E-state index contributed by atoms with van der Waals surface area (Å²) in [5, 5.41) is 13.0. The normalized spacial score (nSPS) is 24.0. The molecule has 0 aromatic rings. The van der Waals surface area contributed by atoms with Crippen LogP contribution in [0.3, 0.4) is 0 Å². The zero-order valence-electron chi connectivity index (χ0n) is 12.5. The number of likely N-dealkylation sites (N-methyl/N-ethyl adjacent to an activating group) is 1. The van der Waals surface area contributed by atoms with E-state index in [1.807, 2.05) is 0 Å². The highest BCUT2D eigenvalue weighted by molar-refractivity contribution is 4.86. The maximum absolute atomic E-state index is 9.43. The molecule has 0 amide bonds. The van der Waals surface area contributed by atoms with Gasteiger partial charge in [-0.25, -0.2) is 0 Å². The molecule has 2 N–H and O–H groups in total. The summed E-state index contributed by atoms with van der Waals surface area (Å²) in [7, 11) is 4.26. The maximum Gasteiger partial charge on any atom is 0.0597 e. The van der Waals surface area contributed by atoms with Gasteiger partial charge in [-0.15, -0.1) is 0 Å². The highest BCUT2D eigenvalue weighted by Gasteiger charge is 2.26. The van der Waals surface area contributed by atoms with Crippen LogP contribution in [0, 0.1) is 0 Å². The van der Waals surface area contributed by atoms with E-state index in [4.69, 9.17) is 0 Å². The van der Waals surface area contributed by atoms with Gasteiger partial charge < -0.3 is 15.3 Å². The summed E-state index contributed by atoms with van der Waals surface area (Å²) in [5.74, 6) is 0. The summed E-state index contributed by atoms with van der Waals surface area (Å²) < 4.78 is 0. The largest absolute Gasteiger partial charge is 0.395 e. The first-order valence-corrected chi connectivity index (χ1v) is 7.63. The fourth-order valence-corrected chi connectivity index (χ4v) is 2.60. The molecule has 2 aliphatic rings. The lowest BCUT2D eigenvalue weighted by Crippen LogP contribution is -2.52. The predicted molar refractivity (Wildman–Crippen MR) is 78.5 cm³/mol. The van der Waals surface area contributed by atoms with Crippen LogP contribution in [-0.2, 0) is 0 Å². The molecule has 1 aliphatic carbocycles.